The Labute approximate surface area is 186 Å². The second kappa shape index (κ2) is 5.76. The Morgan fingerprint density at radius 3 is 2.93 bits per heavy atom. The Bertz CT molecular complexity index is 1840. The number of ether oxygens (including phenoxy) is 2. The zero-order chi connectivity index (χ0) is 32.1. The van der Waals surface area contributed by atoms with Gasteiger partial charge in [-0.3, -0.25) is 9.59 Å². The van der Waals surface area contributed by atoms with Crippen molar-refractivity contribution in [3.05, 3.63) is 59.1 Å². The lowest BCUT2D eigenvalue weighted by Gasteiger charge is -2.46. The van der Waals surface area contributed by atoms with Crippen LogP contribution in [0.1, 0.15) is 42.1 Å². The molecular formula is C22H19N3O4. The zero-order valence-corrected chi connectivity index (χ0v) is 14.6. The molecular weight excluding hydrogens is 370 g/mol. The molecule has 0 spiro atoms. The van der Waals surface area contributed by atoms with Crippen molar-refractivity contribution in [2.45, 2.75) is 18.4 Å². The molecule has 0 saturated carbocycles. The van der Waals surface area contributed by atoms with E-state index in [2.05, 4.69) is 4.98 Å². The molecule has 3 aliphatic rings. The predicted molar refractivity (Wildman–Crippen MR) is 105 cm³/mol. The number of aromatic amines is 1. The molecule has 1 aromatic heterocycles. The fraction of sp³-hybridized carbons (Fsp3) is 0.273. The molecule has 0 aliphatic carbocycles. The number of hydrogen-bond donors (Lipinski definition) is 1. The van der Waals surface area contributed by atoms with Crippen molar-refractivity contribution in [1.29, 1.82) is 0 Å². The van der Waals surface area contributed by atoms with Gasteiger partial charge in [0.15, 0.2) is 11.5 Å². The van der Waals surface area contributed by atoms with Crippen LogP contribution in [0.25, 0.3) is 10.9 Å². The van der Waals surface area contributed by atoms with Gasteiger partial charge in [0, 0.05) is 32.8 Å². The Morgan fingerprint density at radius 2 is 2.03 bits per heavy atom. The monoisotopic (exact) mass is 403 g/mol. The molecule has 6 rings (SSSR count). The minimum Gasteiger partial charge on any atom is -0.454 e. The summed E-state index contributed by atoms with van der Waals surface area (Å²) in [5, 5.41) is -0.486. The minimum absolute atomic E-state index is 0.200. The number of likely N-dealkylation sites (N-methyl/N-ethyl adjacent to an activating group) is 1. The van der Waals surface area contributed by atoms with E-state index in [1.54, 1.807) is 0 Å². The van der Waals surface area contributed by atoms with Crippen LogP contribution in [-0.4, -0.2) is 52.9 Å². The third-order valence-corrected chi connectivity index (χ3v) is 4.80. The van der Waals surface area contributed by atoms with Crippen LogP contribution in [0.3, 0.4) is 0 Å². The smallest absolute Gasteiger partial charge is 0.245 e. The van der Waals surface area contributed by atoms with Crippen molar-refractivity contribution in [3.8, 4) is 11.5 Å². The summed E-state index contributed by atoms with van der Waals surface area (Å²) in [6, 6.07) is -11.0. The number of amides is 2. The highest BCUT2D eigenvalue weighted by molar-refractivity contribution is 5.97. The summed E-state index contributed by atoms with van der Waals surface area (Å²) in [6.45, 7) is -6.05. The number of piperazine rings is 1. The quantitative estimate of drug-likeness (QED) is 0.676. The van der Waals surface area contributed by atoms with Crippen LogP contribution < -0.4 is 9.47 Å². The molecule has 3 aliphatic heterocycles. The van der Waals surface area contributed by atoms with E-state index < -0.39 is 125 Å². The number of carbonyl (C=O) groups excluding carboxylic acids is 2. The first-order valence-corrected chi connectivity index (χ1v) is 8.40. The number of carbonyl (C=O) groups is 2. The molecule has 3 aromatic rings. The van der Waals surface area contributed by atoms with Gasteiger partial charge in [-0.1, -0.05) is 24.2 Å². The maximum atomic E-state index is 13.9. The van der Waals surface area contributed by atoms with Gasteiger partial charge in [0.05, 0.1) is 26.2 Å². The first kappa shape index (κ1) is 7.74. The van der Waals surface area contributed by atoms with Crippen molar-refractivity contribution < 1.29 is 38.3 Å². The largest absolute Gasteiger partial charge is 0.454 e. The van der Waals surface area contributed by atoms with Crippen molar-refractivity contribution >= 4 is 22.7 Å². The normalized spacial score (nSPS) is 37.5. The minimum atomic E-state index is -3.38. The summed E-state index contributed by atoms with van der Waals surface area (Å²) >= 11 is 0. The van der Waals surface area contributed by atoms with Crippen LogP contribution in [0.5, 0.6) is 11.5 Å². The lowest BCUT2D eigenvalue weighted by Crippen LogP contribution is -2.62. The molecule has 2 aromatic carbocycles. The van der Waals surface area contributed by atoms with Crippen molar-refractivity contribution in [1.82, 2.24) is 14.8 Å². The van der Waals surface area contributed by atoms with Crippen LogP contribution in [0.2, 0.25) is 0 Å². The number of fused-ring (bicyclic) bond motifs is 5. The summed E-state index contributed by atoms with van der Waals surface area (Å²) < 4.78 is 129. The maximum Gasteiger partial charge on any atom is 0.245 e. The fourth-order valence-corrected chi connectivity index (χ4v) is 3.53. The number of benzene rings is 2. The van der Waals surface area contributed by atoms with E-state index in [9.17, 15) is 11.0 Å². The average Bonchev–Trinajstić information content (AvgIpc) is 3.49. The van der Waals surface area contributed by atoms with Gasteiger partial charge in [-0.25, -0.2) is 0 Å². The summed E-state index contributed by atoms with van der Waals surface area (Å²) in [4.78, 5) is 30.7. The van der Waals surface area contributed by atoms with E-state index in [-0.39, 0.29) is 9.80 Å². The van der Waals surface area contributed by atoms with E-state index in [1.807, 2.05) is 0 Å². The molecule has 1 unspecified atom stereocenters. The summed E-state index contributed by atoms with van der Waals surface area (Å²) in [6.07, 6.45) is -3.30. The van der Waals surface area contributed by atoms with E-state index >= 15 is 0 Å². The fourth-order valence-electron chi connectivity index (χ4n) is 3.53. The number of nitrogens with one attached hydrogen (secondary N) is 1. The maximum absolute atomic E-state index is 13.9. The van der Waals surface area contributed by atoms with Gasteiger partial charge >= 0.3 is 0 Å². The number of H-pyrrole nitrogens is 1. The van der Waals surface area contributed by atoms with E-state index in [1.165, 1.54) is 0 Å². The van der Waals surface area contributed by atoms with Crippen LogP contribution in [-0.2, 0) is 16.0 Å². The molecule has 0 radical (unpaired) electrons. The third-order valence-electron chi connectivity index (χ3n) is 4.80. The second-order valence-electron chi connectivity index (χ2n) is 6.43. The number of nitrogens with zero attached hydrogens (tertiary/aromatic N) is 2. The lowest BCUT2D eigenvalue weighted by molar-refractivity contribution is -0.157. The van der Waals surface area contributed by atoms with Crippen LogP contribution in [0.15, 0.2) is 42.3 Å². The van der Waals surface area contributed by atoms with Crippen LogP contribution in [0.4, 0.5) is 0 Å². The highest BCUT2D eigenvalue weighted by atomic mass is 16.7. The third kappa shape index (κ3) is 2.24. The number of hydrogen-bond acceptors (Lipinski definition) is 4. The van der Waals surface area contributed by atoms with E-state index in [0.29, 0.717) is 0 Å². The van der Waals surface area contributed by atoms with Crippen LogP contribution in [0, 0.1) is 0 Å². The van der Waals surface area contributed by atoms with Gasteiger partial charge in [-0.05, 0) is 29.3 Å². The molecule has 0 bridgehead atoms. The Kier molecular flexibility index (Phi) is 1.54. The van der Waals surface area contributed by atoms with Gasteiger partial charge in [-0.15, -0.1) is 0 Å². The van der Waals surface area contributed by atoms with Gasteiger partial charge in [-0.2, -0.15) is 0 Å². The highest BCUT2D eigenvalue weighted by Gasteiger charge is 2.47. The summed E-state index contributed by atoms with van der Waals surface area (Å²) in [7, 11) is 0.839. The highest BCUT2D eigenvalue weighted by Crippen LogP contribution is 2.44. The second-order valence-corrected chi connectivity index (χ2v) is 6.43. The number of rotatable bonds is 1. The van der Waals surface area contributed by atoms with Crippen molar-refractivity contribution in [2.75, 3.05) is 20.3 Å². The van der Waals surface area contributed by atoms with Gasteiger partial charge in [0.25, 0.3) is 0 Å². The Morgan fingerprint density at radius 1 is 1.21 bits per heavy atom. The Balaban J connectivity index is 1.83. The molecule has 1 N–H and O–H groups in total. The summed E-state index contributed by atoms with van der Waals surface area (Å²) in [5.74, 6) is -4.53. The van der Waals surface area contributed by atoms with E-state index in [4.69, 9.17) is 27.3 Å². The topological polar surface area (TPSA) is 74.9 Å². The Hall–Kier alpha value is -3.48. The predicted octanol–water partition coefficient (Wildman–Crippen LogP) is 2.21. The van der Waals surface area contributed by atoms with Gasteiger partial charge in [0.1, 0.15) is 8.76 Å². The standard InChI is InChI=1S/C22H19N3O4/c1-24-10-19(26)25-16(22(24)27)9-14-13-4-2-3-5-15(13)23-20(14)21(25)12-6-7-17-18(8-12)29-11-28-17/h2-8,16,21,23H,9-11H2,1H3/t16-,21?/m1/s1/i2D,3D,4D,5D,6D,7D,8D,9D2,10D2,11D2,16D. The molecule has 146 valence electrons. The molecule has 1 saturated heterocycles. The number of aromatic nitrogens is 1. The van der Waals surface area contributed by atoms with Crippen molar-refractivity contribution in [3.63, 3.8) is 0 Å². The molecule has 7 nitrogen and oxygen atoms in total. The average molecular weight is 403 g/mol. The molecule has 29 heavy (non-hydrogen) atoms. The van der Waals surface area contributed by atoms with E-state index in [0.717, 1.165) is 7.05 Å². The van der Waals surface area contributed by atoms with Crippen molar-refractivity contribution in [2.24, 2.45) is 0 Å². The first-order chi connectivity index (χ1) is 19.6. The molecule has 2 amide bonds. The van der Waals surface area contributed by atoms with Gasteiger partial charge in [0.2, 0.25) is 18.6 Å². The summed E-state index contributed by atoms with van der Waals surface area (Å²) in [5.41, 5.74) is -2.30. The molecule has 2 atom stereocenters. The lowest BCUT2D eigenvalue weighted by atomic mass is 9.86. The molecule has 4 heterocycles. The van der Waals surface area contributed by atoms with Gasteiger partial charge < -0.3 is 24.3 Å². The molecule has 1 fully saturated rings. The first-order valence-electron chi connectivity index (χ1n) is 15.4. The zero-order valence-electron chi connectivity index (χ0n) is 28.6. The van der Waals surface area contributed by atoms with Crippen LogP contribution >= 0.6 is 0 Å². The molecule has 7 heteroatoms. The number of para-hydroxylation sites is 1. The SMILES string of the molecule is [2H]c1c([2H])c(C2c3[nH]c4c([2H])c([2H])c([2H])c([2H])c4c3C([2H])([2H])[C@]3([2H])C(=O)N(C)C([2H])([2H])C(=O)N23)c([2H])c2c1OC([2H])([2H])O2.